The number of unbranched alkanes of at least 4 members (excludes halogenated alkanes) is 1. The van der Waals surface area contributed by atoms with Crippen molar-refractivity contribution in [2.45, 2.75) is 32.4 Å². The summed E-state index contributed by atoms with van der Waals surface area (Å²) >= 11 is 0. The lowest BCUT2D eigenvalue weighted by Gasteiger charge is -2.29. The third-order valence-corrected chi connectivity index (χ3v) is 4.53. The second-order valence-electron chi connectivity index (χ2n) is 6.55. The first-order valence-electron chi connectivity index (χ1n) is 8.69. The Bertz CT molecular complexity index is 816. The lowest BCUT2D eigenvalue weighted by molar-refractivity contribution is 0.310. The number of hydrazine groups is 1. The van der Waals surface area contributed by atoms with E-state index in [2.05, 4.69) is 51.5 Å². The normalized spacial score (nSPS) is 18.2. The van der Waals surface area contributed by atoms with Gasteiger partial charge in [-0.2, -0.15) is 0 Å². The molecule has 1 aromatic heterocycles. The Kier molecular flexibility index (Phi) is 3.91. The van der Waals surface area contributed by atoms with E-state index >= 15 is 0 Å². The number of fused-ring (bicyclic) bond motifs is 3. The molecule has 0 saturated heterocycles. The van der Waals surface area contributed by atoms with Crippen molar-refractivity contribution in [2.24, 2.45) is 9.98 Å². The topological polar surface area (TPSA) is 71.9 Å². The van der Waals surface area contributed by atoms with Crippen LogP contribution in [0.4, 0.5) is 11.5 Å². The van der Waals surface area contributed by atoms with E-state index in [9.17, 15) is 0 Å². The SMILES string of the molecule is CCCCC1=NC2c3[nH]cnc3N=C(c3ccc(N(C)C)cc3)N2N1. The van der Waals surface area contributed by atoms with Gasteiger partial charge in [0.1, 0.15) is 11.5 Å². The second-order valence-corrected chi connectivity index (χ2v) is 6.55. The molecule has 25 heavy (non-hydrogen) atoms. The zero-order valence-corrected chi connectivity index (χ0v) is 14.8. The second kappa shape index (κ2) is 6.23. The van der Waals surface area contributed by atoms with Crippen LogP contribution < -0.4 is 10.3 Å². The molecule has 2 N–H and O–H groups in total. The first kappa shape index (κ1) is 15.7. The van der Waals surface area contributed by atoms with Gasteiger partial charge in [0.05, 0.1) is 6.33 Å². The first-order valence-corrected chi connectivity index (χ1v) is 8.69. The maximum Gasteiger partial charge on any atom is 0.187 e. The number of benzene rings is 1. The third kappa shape index (κ3) is 2.75. The van der Waals surface area contributed by atoms with Crippen LogP contribution in [0, 0.1) is 0 Å². The zero-order chi connectivity index (χ0) is 17.4. The smallest absolute Gasteiger partial charge is 0.187 e. The van der Waals surface area contributed by atoms with Crippen molar-refractivity contribution in [1.29, 1.82) is 0 Å². The minimum atomic E-state index is -0.134. The lowest BCUT2D eigenvalue weighted by Crippen LogP contribution is -2.44. The molecule has 1 atom stereocenters. The van der Waals surface area contributed by atoms with E-state index in [1.54, 1.807) is 6.33 Å². The van der Waals surface area contributed by atoms with Crippen molar-refractivity contribution in [3.63, 3.8) is 0 Å². The number of aliphatic imine (C=N–C) groups is 2. The van der Waals surface area contributed by atoms with Crippen molar-refractivity contribution < 1.29 is 0 Å². The number of aromatic amines is 1. The van der Waals surface area contributed by atoms with Crippen LogP contribution in [0.5, 0.6) is 0 Å². The maximum atomic E-state index is 4.85. The Morgan fingerprint density at radius 1 is 1.20 bits per heavy atom. The molecule has 130 valence electrons. The molecule has 0 spiro atoms. The van der Waals surface area contributed by atoms with Gasteiger partial charge in [0.2, 0.25) is 0 Å². The molecule has 2 aromatic rings. The van der Waals surface area contributed by atoms with Crippen LogP contribution in [0.15, 0.2) is 40.6 Å². The standard InChI is InChI=1S/C18H23N7/c1-4-5-6-14-21-18-15-16(20-11-19-15)22-17(25(18)23-14)12-7-9-13(10-8-12)24(2)3/h7-11,18H,4-6H2,1-3H3,(H,19,20)(H,21,23). The van der Waals surface area contributed by atoms with Gasteiger partial charge >= 0.3 is 0 Å². The Hall–Kier alpha value is -2.83. The minimum Gasteiger partial charge on any atom is -0.378 e. The van der Waals surface area contributed by atoms with Gasteiger partial charge in [0.15, 0.2) is 17.8 Å². The number of imidazole rings is 1. The summed E-state index contributed by atoms with van der Waals surface area (Å²) in [7, 11) is 4.07. The highest BCUT2D eigenvalue weighted by Gasteiger charge is 2.37. The summed E-state index contributed by atoms with van der Waals surface area (Å²) in [6.45, 7) is 2.19. The van der Waals surface area contributed by atoms with E-state index in [0.29, 0.717) is 0 Å². The highest BCUT2D eigenvalue weighted by molar-refractivity contribution is 6.03. The molecule has 0 bridgehead atoms. The summed E-state index contributed by atoms with van der Waals surface area (Å²) in [6, 6.07) is 8.38. The molecule has 7 heteroatoms. The van der Waals surface area contributed by atoms with Crippen LogP contribution in [0.3, 0.4) is 0 Å². The molecule has 1 unspecified atom stereocenters. The summed E-state index contributed by atoms with van der Waals surface area (Å²) in [5.74, 6) is 2.58. The molecule has 2 aliphatic heterocycles. The van der Waals surface area contributed by atoms with Gasteiger partial charge in [-0.05, 0) is 30.7 Å². The highest BCUT2D eigenvalue weighted by Crippen LogP contribution is 2.36. The predicted molar refractivity (Wildman–Crippen MR) is 100 cm³/mol. The largest absolute Gasteiger partial charge is 0.378 e. The van der Waals surface area contributed by atoms with E-state index in [-0.39, 0.29) is 6.17 Å². The molecule has 7 nitrogen and oxygen atoms in total. The fourth-order valence-corrected chi connectivity index (χ4v) is 3.10. The molecule has 3 heterocycles. The van der Waals surface area contributed by atoms with Gasteiger partial charge in [-0.3, -0.25) is 5.43 Å². The molecule has 0 aliphatic carbocycles. The molecule has 0 fully saturated rings. The van der Waals surface area contributed by atoms with Crippen LogP contribution in [-0.4, -0.2) is 40.7 Å². The quantitative estimate of drug-likeness (QED) is 0.880. The van der Waals surface area contributed by atoms with Crippen LogP contribution in [-0.2, 0) is 0 Å². The summed E-state index contributed by atoms with van der Waals surface area (Å²) < 4.78 is 0. The first-order chi connectivity index (χ1) is 12.2. The predicted octanol–water partition coefficient (Wildman–Crippen LogP) is 2.98. The van der Waals surface area contributed by atoms with Crippen LogP contribution in [0.1, 0.15) is 43.6 Å². The van der Waals surface area contributed by atoms with Gasteiger partial charge in [-0.25, -0.2) is 20.0 Å². The molecule has 0 saturated carbocycles. The van der Waals surface area contributed by atoms with Gasteiger partial charge in [0.25, 0.3) is 0 Å². The summed E-state index contributed by atoms with van der Waals surface area (Å²) in [6.07, 6.45) is 4.76. The Labute approximate surface area is 147 Å². The monoisotopic (exact) mass is 337 g/mol. The Balaban J connectivity index is 1.69. The summed E-state index contributed by atoms with van der Waals surface area (Å²) in [5.41, 5.74) is 6.58. The molecule has 2 aliphatic rings. The zero-order valence-electron chi connectivity index (χ0n) is 14.8. The van der Waals surface area contributed by atoms with E-state index < -0.39 is 0 Å². The average Bonchev–Trinajstić information content (AvgIpc) is 3.25. The average molecular weight is 337 g/mol. The molecule has 4 rings (SSSR count). The van der Waals surface area contributed by atoms with Crippen LogP contribution in [0.25, 0.3) is 0 Å². The van der Waals surface area contributed by atoms with Crippen LogP contribution in [0.2, 0.25) is 0 Å². The summed E-state index contributed by atoms with van der Waals surface area (Å²) in [4.78, 5) is 19.2. The number of H-pyrrole nitrogens is 1. The molecular formula is C18H23N7. The van der Waals surface area contributed by atoms with E-state index in [4.69, 9.17) is 9.98 Å². The van der Waals surface area contributed by atoms with Crippen molar-refractivity contribution in [3.05, 3.63) is 41.9 Å². The Morgan fingerprint density at radius 2 is 2.00 bits per heavy atom. The van der Waals surface area contributed by atoms with Gasteiger partial charge < -0.3 is 9.88 Å². The molecule has 1 aromatic carbocycles. The number of hydrogen-bond acceptors (Lipinski definition) is 6. The number of aromatic nitrogens is 2. The fourth-order valence-electron chi connectivity index (χ4n) is 3.10. The number of amidine groups is 2. The number of anilines is 1. The van der Waals surface area contributed by atoms with Crippen LogP contribution >= 0.6 is 0 Å². The molecule has 0 radical (unpaired) electrons. The van der Waals surface area contributed by atoms with Crippen molar-refractivity contribution in [1.82, 2.24) is 20.4 Å². The molecular weight excluding hydrogens is 314 g/mol. The van der Waals surface area contributed by atoms with Gasteiger partial charge in [-0.15, -0.1) is 0 Å². The summed E-state index contributed by atoms with van der Waals surface area (Å²) in [5, 5.41) is 2.04. The number of rotatable bonds is 5. The number of hydrogen-bond donors (Lipinski definition) is 2. The lowest BCUT2D eigenvalue weighted by atomic mass is 10.1. The van der Waals surface area contributed by atoms with Gasteiger partial charge in [-0.1, -0.05) is 13.3 Å². The van der Waals surface area contributed by atoms with Gasteiger partial charge in [0, 0.05) is 31.8 Å². The maximum absolute atomic E-state index is 4.85. The van der Waals surface area contributed by atoms with Crippen molar-refractivity contribution in [3.8, 4) is 0 Å². The van der Waals surface area contributed by atoms with E-state index in [0.717, 1.165) is 53.7 Å². The highest BCUT2D eigenvalue weighted by atomic mass is 15.6. The van der Waals surface area contributed by atoms with E-state index in [1.165, 1.54) is 0 Å². The fraction of sp³-hybridized carbons (Fsp3) is 0.389. The van der Waals surface area contributed by atoms with E-state index in [1.807, 2.05) is 19.1 Å². The Morgan fingerprint density at radius 3 is 2.72 bits per heavy atom. The third-order valence-electron chi connectivity index (χ3n) is 4.53. The minimum absolute atomic E-state index is 0.134. The molecule has 0 amide bonds. The number of nitrogens with zero attached hydrogens (tertiary/aromatic N) is 5. The number of nitrogens with one attached hydrogen (secondary N) is 2. The van der Waals surface area contributed by atoms with Crippen molar-refractivity contribution in [2.75, 3.05) is 19.0 Å². The van der Waals surface area contributed by atoms with Crippen molar-refractivity contribution >= 4 is 23.2 Å².